The second kappa shape index (κ2) is 8.95. The summed E-state index contributed by atoms with van der Waals surface area (Å²) in [5.74, 6) is -2.48. The van der Waals surface area contributed by atoms with E-state index in [2.05, 4.69) is 10.3 Å². The standard InChI is InChI=1S/C22H24F2N4O3S/c1-15-6-7-16(10-21(15)32(30,31)28-8-4-2-3-5-9-28)26-22(29)13-27-14-25-19-11-17(23)18(24)12-20(19)27/h6-7,10-12,14H,2-5,8-9,13H2,1H3,(H,26,29). The van der Waals surface area contributed by atoms with Crippen molar-refractivity contribution in [3.8, 4) is 0 Å². The monoisotopic (exact) mass is 462 g/mol. The Bertz CT molecular complexity index is 1270. The third-order valence-electron chi connectivity index (χ3n) is 5.63. The van der Waals surface area contributed by atoms with Crippen molar-refractivity contribution in [3.05, 3.63) is 53.9 Å². The number of carbonyl (C=O) groups is 1. The molecule has 1 aromatic heterocycles. The van der Waals surface area contributed by atoms with Crippen molar-refractivity contribution in [2.24, 2.45) is 0 Å². The first-order valence-electron chi connectivity index (χ1n) is 10.5. The Morgan fingerprint density at radius 1 is 1.06 bits per heavy atom. The highest BCUT2D eigenvalue weighted by molar-refractivity contribution is 7.89. The summed E-state index contributed by atoms with van der Waals surface area (Å²) in [5.41, 5.74) is 1.46. The van der Waals surface area contributed by atoms with E-state index < -0.39 is 27.6 Å². The zero-order valence-corrected chi connectivity index (χ0v) is 18.5. The van der Waals surface area contributed by atoms with Gasteiger partial charge < -0.3 is 9.88 Å². The number of hydrogen-bond donors (Lipinski definition) is 1. The van der Waals surface area contributed by atoms with Gasteiger partial charge in [0, 0.05) is 30.9 Å². The van der Waals surface area contributed by atoms with Gasteiger partial charge in [0.2, 0.25) is 15.9 Å². The lowest BCUT2D eigenvalue weighted by Crippen LogP contribution is -2.32. The van der Waals surface area contributed by atoms with Crippen molar-refractivity contribution in [2.75, 3.05) is 18.4 Å². The number of nitrogens with zero attached hydrogens (tertiary/aromatic N) is 3. The van der Waals surface area contributed by atoms with Gasteiger partial charge >= 0.3 is 0 Å². The summed E-state index contributed by atoms with van der Waals surface area (Å²) >= 11 is 0. The topological polar surface area (TPSA) is 84.3 Å². The van der Waals surface area contributed by atoms with Gasteiger partial charge in [0.1, 0.15) is 6.54 Å². The molecule has 0 spiro atoms. The molecule has 1 amide bonds. The molecule has 0 unspecified atom stereocenters. The lowest BCUT2D eigenvalue weighted by atomic mass is 10.2. The highest BCUT2D eigenvalue weighted by atomic mass is 32.2. The van der Waals surface area contributed by atoms with Crippen LogP contribution in [0.5, 0.6) is 0 Å². The van der Waals surface area contributed by atoms with Gasteiger partial charge in [-0.2, -0.15) is 4.31 Å². The number of sulfonamides is 1. The number of aromatic nitrogens is 2. The van der Waals surface area contributed by atoms with Crippen LogP contribution in [0.4, 0.5) is 14.5 Å². The number of hydrogen-bond acceptors (Lipinski definition) is 4. The summed E-state index contributed by atoms with van der Waals surface area (Å²) in [6.07, 6.45) is 5.02. The molecule has 1 aliphatic rings. The molecule has 32 heavy (non-hydrogen) atoms. The van der Waals surface area contributed by atoms with E-state index in [1.807, 2.05) is 0 Å². The predicted octanol–water partition coefficient (Wildman–Crippen LogP) is 3.83. The zero-order chi connectivity index (χ0) is 22.9. The van der Waals surface area contributed by atoms with Crippen LogP contribution in [0.15, 0.2) is 41.6 Å². The van der Waals surface area contributed by atoms with E-state index in [1.165, 1.54) is 21.3 Å². The van der Waals surface area contributed by atoms with Crippen LogP contribution in [-0.2, 0) is 21.4 Å². The van der Waals surface area contributed by atoms with Crippen molar-refractivity contribution in [1.29, 1.82) is 0 Å². The Hall–Kier alpha value is -2.85. The molecule has 7 nitrogen and oxygen atoms in total. The number of carbonyl (C=O) groups excluding carboxylic acids is 1. The first kappa shape index (κ1) is 22.3. The van der Waals surface area contributed by atoms with Crippen LogP contribution < -0.4 is 5.32 Å². The van der Waals surface area contributed by atoms with E-state index in [0.717, 1.165) is 37.8 Å². The van der Waals surface area contributed by atoms with Crippen molar-refractivity contribution in [2.45, 2.75) is 44.0 Å². The van der Waals surface area contributed by atoms with Crippen LogP contribution in [-0.4, -0.2) is 41.3 Å². The van der Waals surface area contributed by atoms with Crippen LogP contribution in [0, 0.1) is 18.6 Å². The lowest BCUT2D eigenvalue weighted by Gasteiger charge is -2.21. The van der Waals surface area contributed by atoms with E-state index in [4.69, 9.17) is 0 Å². The van der Waals surface area contributed by atoms with Crippen molar-refractivity contribution in [3.63, 3.8) is 0 Å². The fourth-order valence-corrected chi connectivity index (χ4v) is 5.68. The van der Waals surface area contributed by atoms with E-state index >= 15 is 0 Å². The fraction of sp³-hybridized carbons (Fsp3) is 0.364. The van der Waals surface area contributed by atoms with Crippen molar-refractivity contribution >= 4 is 32.7 Å². The highest BCUT2D eigenvalue weighted by Crippen LogP contribution is 2.26. The summed E-state index contributed by atoms with van der Waals surface area (Å²) in [5, 5.41) is 2.69. The lowest BCUT2D eigenvalue weighted by molar-refractivity contribution is -0.116. The number of amides is 1. The predicted molar refractivity (Wildman–Crippen MR) is 117 cm³/mol. The number of benzene rings is 2. The second-order valence-electron chi connectivity index (χ2n) is 7.97. The third kappa shape index (κ3) is 4.51. The van der Waals surface area contributed by atoms with E-state index in [9.17, 15) is 22.0 Å². The molecule has 1 aliphatic heterocycles. The summed E-state index contributed by atoms with van der Waals surface area (Å²) in [7, 11) is -3.67. The van der Waals surface area contributed by atoms with Crippen molar-refractivity contribution < 1.29 is 22.0 Å². The number of aryl methyl sites for hydroxylation is 1. The maximum atomic E-state index is 13.6. The molecule has 0 bridgehead atoms. The van der Waals surface area contributed by atoms with Gasteiger partial charge in [-0.25, -0.2) is 22.2 Å². The maximum absolute atomic E-state index is 13.6. The number of imidazole rings is 1. The van der Waals surface area contributed by atoms with E-state index in [-0.39, 0.29) is 22.5 Å². The molecule has 1 fully saturated rings. The second-order valence-corrected chi connectivity index (χ2v) is 9.88. The molecule has 0 aliphatic carbocycles. The van der Waals surface area contributed by atoms with Gasteiger partial charge in [0.15, 0.2) is 11.6 Å². The van der Waals surface area contributed by atoms with Crippen molar-refractivity contribution in [1.82, 2.24) is 13.9 Å². The van der Waals surface area contributed by atoms with Crippen LogP contribution in [0.2, 0.25) is 0 Å². The number of anilines is 1. The molecule has 2 aromatic carbocycles. The Kier molecular flexibility index (Phi) is 6.25. The van der Waals surface area contributed by atoms with E-state index in [0.29, 0.717) is 24.3 Å². The molecule has 4 rings (SSSR count). The smallest absolute Gasteiger partial charge is 0.244 e. The van der Waals surface area contributed by atoms with Gasteiger partial charge in [0.25, 0.3) is 0 Å². The molecule has 1 N–H and O–H groups in total. The number of rotatable bonds is 5. The SMILES string of the molecule is Cc1ccc(NC(=O)Cn2cnc3cc(F)c(F)cc32)cc1S(=O)(=O)N1CCCCCC1. The molecule has 0 atom stereocenters. The molecule has 170 valence electrons. The first-order valence-corrected chi connectivity index (χ1v) is 11.9. The third-order valence-corrected chi connectivity index (χ3v) is 7.67. The summed E-state index contributed by atoms with van der Waals surface area (Å²) in [6, 6.07) is 6.72. The van der Waals surface area contributed by atoms with Gasteiger partial charge in [-0.3, -0.25) is 4.79 Å². The minimum atomic E-state index is -3.67. The molecule has 1 saturated heterocycles. The minimum Gasteiger partial charge on any atom is -0.324 e. The van der Waals surface area contributed by atoms with Crippen LogP contribution >= 0.6 is 0 Å². The van der Waals surface area contributed by atoms with Gasteiger partial charge in [-0.05, 0) is 37.5 Å². The van der Waals surface area contributed by atoms with Crippen LogP contribution in [0.1, 0.15) is 31.2 Å². The normalized spacial score (nSPS) is 15.6. The molecule has 0 saturated carbocycles. The molecule has 0 radical (unpaired) electrons. The molecular formula is C22H24F2N4O3S. The van der Waals surface area contributed by atoms with Gasteiger partial charge in [0.05, 0.1) is 22.3 Å². The molecule has 10 heteroatoms. The van der Waals surface area contributed by atoms with E-state index in [1.54, 1.807) is 19.1 Å². The van der Waals surface area contributed by atoms with Crippen LogP contribution in [0.25, 0.3) is 11.0 Å². The zero-order valence-electron chi connectivity index (χ0n) is 17.6. The Balaban J connectivity index is 1.54. The number of fused-ring (bicyclic) bond motifs is 1. The Morgan fingerprint density at radius 2 is 1.75 bits per heavy atom. The Morgan fingerprint density at radius 3 is 2.47 bits per heavy atom. The Labute approximate surface area is 185 Å². The fourth-order valence-electron chi connectivity index (χ4n) is 3.91. The average molecular weight is 463 g/mol. The summed E-state index contributed by atoms with van der Waals surface area (Å²) in [4.78, 5) is 16.7. The summed E-state index contributed by atoms with van der Waals surface area (Å²) in [6.45, 7) is 2.51. The highest BCUT2D eigenvalue weighted by Gasteiger charge is 2.27. The summed E-state index contributed by atoms with van der Waals surface area (Å²) < 4.78 is 56.3. The minimum absolute atomic E-state index is 0.169. The molecular weight excluding hydrogens is 438 g/mol. The molecule has 2 heterocycles. The van der Waals surface area contributed by atoms with Gasteiger partial charge in [-0.1, -0.05) is 18.9 Å². The number of halogens is 2. The quantitative estimate of drug-likeness (QED) is 0.625. The average Bonchev–Trinajstić information content (AvgIpc) is 2.95. The largest absolute Gasteiger partial charge is 0.324 e. The van der Waals surface area contributed by atoms with Gasteiger partial charge in [-0.15, -0.1) is 0 Å². The maximum Gasteiger partial charge on any atom is 0.244 e. The molecule has 3 aromatic rings. The van der Waals surface area contributed by atoms with Crippen LogP contribution in [0.3, 0.4) is 0 Å². The number of nitrogens with one attached hydrogen (secondary N) is 1. The first-order chi connectivity index (χ1) is 15.3.